The quantitative estimate of drug-likeness (QED) is 0.215. The maximum absolute atomic E-state index is 6.00. The molecule has 8 heteroatoms. The fraction of sp³-hybridized carbons (Fsp3) is 0.609. The van der Waals surface area contributed by atoms with E-state index in [1.54, 1.807) is 0 Å². The van der Waals surface area contributed by atoms with E-state index in [0.717, 1.165) is 54.8 Å². The lowest BCUT2D eigenvalue weighted by atomic mass is 9.98. The molecule has 2 aromatic rings. The third-order valence-electron chi connectivity index (χ3n) is 5.32. The van der Waals surface area contributed by atoms with E-state index in [9.17, 15) is 0 Å². The summed E-state index contributed by atoms with van der Waals surface area (Å²) in [5, 5.41) is 11.2. The van der Waals surface area contributed by atoms with Gasteiger partial charge in [-0.2, -0.15) is 5.10 Å². The van der Waals surface area contributed by atoms with Gasteiger partial charge in [0.05, 0.1) is 18.3 Å². The lowest BCUT2D eigenvalue weighted by molar-refractivity contribution is 0.0277. The molecule has 1 aliphatic carbocycles. The SMILES string of the molecule is CCNC(=NCc1ccc(-n2nc(C)cc2C)nc1)NCCCOC1CCCCC1.I. The van der Waals surface area contributed by atoms with Crippen molar-refractivity contribution in [1.29, 1.82) is 0 Å². The Morgan fingerprint density at radius 2 is 2.00 bits per heavy atom. The van der Waals surface area contributed by atoms with Crippen LogP contribution in [0.5, 0.6) is 0 Å². The van der Waals surface area contributed by atoms with Crippen LogP contribution in [0.3, 0.4) is 0 Å². The molecule has 1 fully saturated rings. The Kier molecular flexibility index (Phi) is 11.3. The average Bonchev–Trinajstić information content (AvgIpc) is 3.10. The zero-order valence-electron chi connectivity index (χ0n) is 19.1. The second kappa shape index (κ2) is 13.7. The van der Waals surface area contributed by atoms with Crippen molar-refractivity contribution in [2.45, 2.75) is 71.9 Å². The molecular formula is C23H37IN6O. The Morgan fingerprint density at radius 3 is 2.65 bits per heavy atom. The molecule has 1 saturated carbocycles. The van der Waals surface area contributed by atoms with Gasteiger partial charge in [0, 0.05) is 31.6 Å². The van der Waals surface area contributed by atoms with Gasteiger partial charge in [-0.15, -0.1) is 24.0 Å². The summed E-state index contributed by atoms with van der Waals surface area (Å²) in [5.74, 6) is 1.66. The van der Waals surface area contributed by atoms with Gasteiger partial charge in [0.1, 0.15) is 0 Å². The van der Waals surface area contributed by atoms with Crippen LogP contribution in [0.25, 0.3) is 5.82 Å². The molecule has 0 aromatic carbocycles. The van der Waals surface area contributed by atoms with Crippen LogP contribution in [0.2, 0.25) is 0 Å². The molecule has 0 unspecified atom stereocenters. The fourth-order valence-electron chi connectivity index (χ4n) is 3.77. The lowest BCUT2D eigenvalue weighted by Crippen LogP contribution is -2.38. The number of nitrogens with one attached hydrogen (secondary N) is 2. The molecule has 0 atom stereocenters. The van der Waals surface area contributed by atoms with E-state index in [0.29, 0.717) is 12.6 Å². The Bertz CT molecular complexity index is 799. The summed E-state index contributed by atoms with van der Waals surface area (Å²) in [6.45, 7) is 9.19. The van der Waals surface area contributed by atoms with Crippen molar-refractivity contribution < 1.29 is 4.74 Å². The normalized spacial score (nSPS) is 14.9. The first-order valence-corrected chi connectivity index (χ1v) is 11.3. The lowest BCUT2D eigenvalue weighted by Gasteiger charge is -2.22. The predicted octanol–water partition coefficient (Wildman–Crippen LogP) is 4.30. The maximum Gasteiger partial charge on any atom is 0.191 e. The number of aliphatic imine (C=N–C) groups is 1. The van der Waals surface area contributed by atoms with Crippen molar-refractivity contribution in [2.24, 2.45) is 4.99 Å². The van der Waals surface area contributed by atoms with E-state index in [-0.39, 0.29) is 24.0 Å². The van der Waals surface area contributed by atoms with Gasteiger partial charge in [0.15, 0.2) is 11.8 Å². The third kappa shape index (κ3) is 8.40. The van der Waals surface area contributed by atoms with Gasteiger partial charge < -0.3 is 15.4 Å². The summed E-state index contributed by atoms with van der Waals surface area (Å²) in [7, 11) is 0. The zero-order valence-corrected chi connectivity index (χ0v) is 21.4. The molecule has 7 nitrogen and oxygen atoms in total. The highest BCUT2D eigenvalue weighted by molar-refractivity contribution is 14.0. The molecule has 0 amide bonds. The molecule has 2 heterocycles. The molecular weight excluding hydrogens is 503 g/mol. The molecule has 1 aliphatic rings. The second-order valence-corrected chi connectivity index (χ2v) is 7.97. The van der Waals surface area contributed by atoms with Crippen LogP contribution in [-0.4, -0.2) is 46.5 Å². The van der Waals surface area contributed by atoms with Gasteiger partial charge in [-0.1, -0.05) is 25.3 Å². The van der Waals surface area contributed by atoms with Gasteiger partial charge in [-0.05, 0) is 57.7 Å². The molecule has 172 valence electrons. The van der Waals surface area contributed by atoms with E-state index < -0.39 is 0 Å². The number of pyridine rings is 1. The van der Waals surface area contributed by atoms with E-state index in [2.05, 4.69) is 44.8 Å². The van der Waals surface area contributed by atoms with E-state index in [4.69, 9.17) is 4.74 Å². The summed E-state index contributed by atoms with van der Waals surface area (Å²) in [4.78, 5) is 9.24. The van der Waals surface area contributed by atoms with E-state index >= 15 is 0 Å². The third-order valence-corrected chi connectivity index (χ3v) is 5.32. The molecule has 2 aromatic heterocycles. The molecule has 0 bridgehead atoms. The first-order chi connectivity index (χ1) is 14.7. The number of hydrogen-bond donors (Lipinski definition) is 2. The second-order valence-electron chi connectivity index (χ2n) is 7.97. The molecule has 3 rings (SSSR count). The topological polar surface area (TPSA) is 76.4 Å². The standard InChI is InChI=1S/C23H36N6O.HI/c1-4-24-23(25-13-8-14-30-21-9-6-5-7-10-21)27-17-20-11-12-22(26-16-20)29-19(3)15-18(2)28-29;/h11-12,15-16,21H,4-10,13-14,17H2,1-3H3,(H2,24,25,27);1H. The average molecular weight is 540 g/mol. The first kappa shape index (κ1) is 25.6. The summed E-state index contributed by atoms with van der Waals surface area (Å²) >= 11 is 0. The minimum atomic E-state index is 0. The molecule has 0 radical (unpaired) electrons. The molecule has 0 aliphatic heterocycles. The van der Waals surface area contributed by atoms with Gasteiger partial charge in [0.25, 0.3) is 0 Å². The van der Waals surface area contributed by atoms with Crippen molar-refractivity contribution in [3.63, 3.8) is 0 Å². The number of ether oxygens (including phenoxy) is 1. The Labute approximate surface area is 203 Å². The number of rotatable bonds is 9. The predicted molar refractivity (Wildman–Crippen MR) is 137 cm³/mol. The highest BCUT2D eigenvalue weighted by Crippen LogP contribution is 2.20. The Hall–Kier alpha value is -1.68. The van der Waals surface area contributed by atoms with Crippen molar-refractivity contribution in [3.05, 3.63) is 41.3 Å². The van der Waals surface area contributed by atoms with E-state index in [1.807, 2.05) is 30.8 Å². The molecule has 0 spiro atoms. The smallest absolute Gasteiger partial charge is 0.191 e. The maximum atomic E-state index is 6.00. The Balaban J connectivity index is 0.00000341. The largest absolute Gasteiger partial charge is 0.378 e. The highest BCUT2D eigenvalue weighted by Gasteiger charge is 2.13. The van der Waals surface area contributed by atoms with Crippen molar-refractivity contribution >= 4 is 29.9 Å². The first-order valence-electron chi connectivity index (χ1n) is 11.3. The van der Waals surface area contributed by atoms with Crippen LogP contribution in [-0.2, 0) is 11.3 Å². The van der Waals surface area contributed by atoms with Gasteiger partial charge in [-0.25, -0.2) is 14.7 Å². The van der Waals surface area contributed by atoms with Crippen LogP contribution >= 0.6 is 24.0 Å². The highest BCUT2D eigenvalue weighted by atomic mass is 127. The van der Waals surface area contributed by atoms with E-state index in [1.165, 1.54) is 32.1 Å². The van der Waals surface area contributed by atoms with Crippen LogP contribution in [0.1, 0.15) is 62.4 Å². The van der Waals surface area contributed by atoms with Crippen molar-refractivity contribution in [1.82, 2.24) is 25.4 Å². The van der Waals surface area contributed by atoms with Crippen LogP contribution < -0.4 is 10.6 Å². The van der Waals surface area contributed by atoms with Crippen LogP contribution in [0, 0.1) is 13.8 Å². The number of nitrogens with zero attached hydrogens (tertiary/aromatic N) is 4. The molecule has 0 saturated heterocycles. The monoisotopic (exact) mass is 540 g/mol. The summed E-state index contributed by atoms with van der Waals surface area (Å²) < 4.78 is 7.86. The number of aromatic nitrogens is 3. The molecule has 2 N–H and O–H groups in total. The number of aryl methyl sites for hydroxylation is 2. The number of halogens is 1. The van der Waals surface area contributed by atoms with Crippen molar-refractivity contribution in [3.8, 4) is 5.82 Å². The minimum absolute atomic E-state index is 0. The van der Waals surface area contributed by atoms with Crippen LogP contribution in [0.15, 0.2) is 29.4 Å². The zero-order chi connectivity index (χ0) is 21.2. The fourth-order valence-corrected chi connectivity index (χ4v) is 3.77. The van der Waals surface area contributed by atoms with Gasteiger partial charge in [-0.3, -0.25) is 0 Å². The van der Waals surface area contributed by atoms with Crippen molar-refractivity contribution in [2.75, 3.05) is 19.7 Å². The van der Waals surface area contributed by atoms with Crippen LogP contribution in [0.4, 0.5) is 0 Å². The molecule has 31 heavy (non-hydrogen) atoms. The minimum Gasteiger partial charge on any atom is -0.378 e. The number of guanidine groups is 1. The summed E-state index contributed by atoms with van der Waals surface area (Å²) in [5.41, 5.74) is 3.14. The van der Waals surface area contributed by atoms with Gasteiger partial charge in [0.2, 0.25) is 0 Å². The van der Waals surface area contributed by atoms with Gasteiger partial charge >= 0.3 is 0 Å². The number of hydrogen-bond acceptors (Lipinski definition) is 4. The summed E-state index contributed by atoms with van der Waals surface area (Å²) in [6, 6.07) is 6.10. The Morgan fingerprint density at radius 1 is 1.19 bits per heavy atom. The summed E-state index contributed by atoms with van der Waals surface area (Å²) in [6.07, 6.45) is 9.79.